The van der Waals surface area contributed by atoms with E-state index in [1.54, 1.807) is 48.5 Å². The molecule has 0 saturated heterocycles. The number of nitrogens with one attached hydrogen (secondary N) is 2. The molecule has 0 unspecified atom stereocenters. The minimum absolute atomic E-state index is 0.267. The van der Waals surface area contributed by atoms with E-state index in [1.165, 1.54) is 13.3 Å². The van der Waals surface area contributed by atoms with Crippen LogP contribution in [-0.2, 0) is 22.6 Å². The number of hydrogen-bond donors (Lipinski definition) is 2. The number of methoxy groups -OCH3 is 1. The van der Waals surface area contributed by atoms with E-state index in [0.717, 1.165) is 11.1 Å². The SMILES string of the molecule is COc1cc(/C=N/NC(=O)C(=O)Nc2ccc(CC#N)cc2)ccc1OCc1ccccc1Cl. The Morgan fingerprint density at radius 2 is 1.82 bits per heavy atom. The molecule has 0 saturated carbocycles. The summed E-state index contributed by atoms with van der Waals surface area (Å²) in [4.78, 5) is 24.0. The van der Waals surface area contributed by atoms with Gasteiger partial charge in [0, 0.05) is 16.3 Å². The van der Waals surface area contributed by atoms with Gasteiger partial charge in [0.05, 0.1) is 25.8 Å². The molecule has 0 radical (unpaired) electrons. The Kier molecular flexibility index (Phi) is 8.60. The average molecular weight is 477 g/mol. The standard InChI is InChI=1S/C25H21ClN4O4/c1-33-23-14-18(8-11-22(23)34-16-19-4-2-3-5-21(19)26)15-28-30-25(32)24(31)29-20-9-6-17(7-10-20)12-13-27/h2-11,14-15H,12,16H2,1H3,(H,29,31)(H,30,32)/b28-15+. The highest BCUT2D eigenvalue weighted by Crippen LogP contribution is 2.29. The molecule has 0 aliphatic rings. The van der Waals surface area contributed by atoms with Crippen LogP contribution in [0.15, 0.2) is 71.8 Å². The van der Waals surface area contributed by atoms with Gasteiger partial charge >= 0.3 is 11.8 Å². The lowest BCUT2D eigenvalue weighted by atomic mass is 10.1. The van der Waals surface area contributed by atoms with Gasteiger partial charge in [-0.3, -0.25) is 9.59 Å². The van der Waals surface area contributed by atoms with Crippen molar-refractivity contribution in [3.8, 4) is 17.6 Å². The molecule has 172 valence electrons. The van der Waals surface area contributed by atoms with Crippen LogP contribution >= 0.6 is 11.6 Å². The molecule has 0 spiro atoms. The number of anilines is 1. The van der Waals surface area contributed by atoms with Gasteiger partial charge in [-0.2, -0.15) is 10.4 Å². The maximum absolute atomic E-state index is 12.0. The summed E-state index contributed by atoms with van der Waals surface area (Å²) in [7, 11) is 1.51. The van der Waals surface area contributed by atoms with Crippen molar-refractivity contribution >= 4 is 35.3 Å². The van der Waals surface area contributed by atoms with Gasteiger partial charge in [-0.25, -0.2) is 5.43 Å². The second kappa shape index (κ2) is 12.0. The van der Waals surface area contributed by atoms with E-state index in [2.05, 4.69) is 15.8 Å². The van der Waals surface area contributed by atoms with Gasteiger partial charge in [-0.1, -0.05) is 41.9 Å². The van der Waals surface area contributed by atoms with Crippen LogP contribution in [0.3, 0.4) is 0 Å². The predicted octanol–water partition coefficient (Wildman–Crippen LogP) is 4.08. The van der Waals surface area contributed by atoms with E-state index < -0.39 is 11.8 Å². The number of hydrazone groups is 1. The number of hydrogen-bond acceptors (Lipinski definition) is 6. The van der Waals surface area contributed by atoms with Crippen molar-refractivity contribution in [2.75, 3.05) is 12.4 Å². The Labute approximate surface area is 201 Å². The summed E-state index contributed by atoms with van der Waals surface area (Å²) in [6.45, 7) is 0.274. The molecule has 0 aromatic heterocycles. The first-order chi connectivity index (χ1) is 16.5. The number of carbonyl (C=O) groups is 2. The highest BCUT2D eigenvalue weighted by Gasteiger charge is 2.13. The van der Waals surface area contributed by atoms with Gasteiger partial charge in [-0.15, -0.1) is 0 Å². The summed E-state index contributed by atoms with van der Waals surface area (Å²) in [5.74, 6) is -0.807. The van der Waals surface area contributed by atoms with Crippen molar-refractivity contribution in [3.63, 3.8) is 0 Å². The molecule has 3 rings (SSSR count). The van der Waals surface area contributed by atoms with Gasteiger partial charge in [0.1, 0.15) is 6.61 Å². The van der Waals surface area contributed by atoms with Crippen LogP contribution in [-0.4, -0.2) is 25.1 Å². The van der Waals surface area contributed by atoms with Crippen LogP contribution in [0.25, 0.3) is 0 Å². The summed E-state index contributed by atoms with van der Waals surface area (Å²) in [5, 5.41) is 15.6. The molecule has 2 amide bonds. The van der Waals surface area contributed by atoms with Gasteiger partial charge in [0.25, 0.3) is 0 Å². The maximum atomic E-state index is 12.0. The van der Waals surface area contributed by atoms with Crippen LogP contribution in [0, 0.1) is 11.3 Å². The Hall–Kier alpha value is -4.35. The van der Waals surface area contributed by atoms with Gasteiger partial charge < -0.3 is 14.8 Å². The monoisotopic (exact) mass is 476 g/mol. The second-order valence-electron chi connectivity index (χ2n) is 6.98. The quantitative estimate of drug-likeness (QED) is 0.289. The average Bonchev–Trinajstić information content (AvgIpc) is 2.85. The first kappa shape index (κ1) is 24.3. The number of benzene rings is 3. The maximum Gasteiger partial charge on any atom is 0.329 e. The van der Waals surface area contributed by atoms with E-state index in [9.17, 15) is 9.59 Å². The topological polar surface area (TPSA) is 113 Å². The van der Waals surface area contributed by atoms with E-state index in [4.69, 9.17) is 26.3 Å². The van der Waals surface area contributed by atoms with Crippen LogP contribution < -0.4 is 20.2 Å². The van der Waals surface area contributed by atoms with Crippen LogP contribution in [0.5, 0.6) is 11.5 Å². The van der Waals surface area contributed by atoms with Crippen molar-refractivity contribution < 1.29 is 19.1 Å². The van der Waals surface area contributed by atoms with Crippen molar-refractivity contribution in [1.82, 2.24) is 5.43 Å². The van der Waals surface area contributed by atoms with Crippen molar-refractivity contribution in [2.24, 2.45) is 5.10 Å². The van der Waals surface area contributed by atoms with Crippen LogP contribution in [0.4, 0.5) is 5.69 Å². The fourth-order valence-electron chi connectivity index (χ4n) is 2.86. The molecule has 8 nitrogen and oxygen atoms in total. The number of halogens is 1. The third-order valence-corrected chi connectivity index (χ3v) is 4.98. The number of rotatable bonds is 8. The lowest BCUT2D eigenvalue weighted by Gasteiger charge is -2.12. The zero-order chi connectivity index (χ0) is 24.3. The molecular weight excluding hydrogens is 456 g/mol. The fraction of sp³-hybridized carbons (Fsp3) is 0.120. The molecular formula is C25H21ClN4O4. The van der Waals surface area contributed by atoms with Crippen molar-refractivity contribution in [2.45, 2.75) is 13.0 Å². The van der Waals surface area contributed by atoms with E-state index >= 15 is 0 Å². The lowest BCUT2D eigenvalue weighted by molar-refractivity contribution is -0.136. The van der Waals surface area contributed by atoms with E-state index in [-0.39, 0.29) is 13.0 Å². The molecule has 3 aromatic rings. The molecule has 0 bridgehead atoms. The first-order valence-electron chi connectivity index (χ1n) is 10.1. The molecule has 0 aliphatic carbocycles. The largest absolute Gasteiger partial charge is 0.493 e. The first-order valence-corrected chi connectivity index (χ1v) is 10.5. The highest BCUT2D eigenvalue weighted by atomic mass is 35.5. The number of amides is 2. The minimum atomic E-state index is -0.927. The summed E-state index contributed by atoms with van der Waals surface area (Å²) < 4.78 is 11.2. The number of carbonyl (C=O) groups excluding carboxylic acids is 2. The van der Waals surface area contributed by atoms with Crippen molar-refractivity contribution in [3.05, 3.63) is 88.4 Å². The summed E-state index contributed by atoms with van der Waals surface area (Å²) >= 11 is 6.16. The van der Waals surface area contributed by atoms with Crippen molar-refractivity contribution in [1.29, 1.82) is 5.26 Å². The van der Waals surface area contributed by atoms with Crippen LogP contribution in [0.2, 0.25) is 5.02 Å². The summed E-state index contributed by atoms with van der Waals surface area (Å²) in [5.41, 5.74) is 4.88. The number of nitrogens with zero attached hydrogens (tertiary/aromatic N) is 2. The highest BCUT2D eigenvalue weighted by molar-refractivity contribution is 6.39. The Bertz CT molecular complexity index is 1240. The second-order valence-corrected chi connectivity index (χ2v) is 7.38. The fourth-order valence-corrected chi connectivity index (χ4v) is 3.05. The normalized spacial score (nSPS) is 10.4. The number of nitriles is 1. The van der Waals surface area contributed by atoms with Gasteiger partial charge in [0.15, 0.2) is 11.5 Å². The molecule has 3 aromatic carbocycles. The minimum Gasteiger partial charge on any atom is -0.493 e. The predicted molar refractivity (Wildman–Crippen MR) is 129 cm³/mol. The smallest absolute Gasteiger partial charge is 0.329 e. The molecule has 0 aliphatic heterocycles. The lowest BCUT2D eigenvalue weighted by Crippen LogP contribution is -2.32. The molecule has 9 heteroatoms. The third-order valence-electron chi connectivity index (χ3n) is 4.61. The third kappa shape index (κ3) is 6.82. The Morgan fingerprint density at radius 1 is 1.06 bits per heavy atom. The molecule has 0 atom stereocenters. The van der Waals surface area contributed by atoms with E-state index in [1.807, 2.05) is 24.3 Å². The summed E-state index contributed by atoms with van der Waals surface area (Å²) in [6.07, 6.45) is 1.64. The molecule has 0 fully saturated rings. The van der Waals surface area contributed by atoms with E-state index in [0.29, 0.717) is 27.8 Å². The Morgan fingerprint density at radius 3 is 2.53 bits per heavy atom. The molecule has 34 heavy (non-hydrogen) atoms. The zero-order valence-electron chi connectivity index (χ0n) is 18.2. The Balaban J connectivity index is 1.55. The molecule has 0 heterocycles. The van der Waals surface area contributed by atoms with Gasteiger partial charge in [-0.05, 0) is 47.5 Å². The van der Waals surface area contributed by atoms with Gasteiger partial charge in [0.2, 0.25) is 0 Å². The summed E-state index contributed by atoms with van der Waals surface area (Å²) in [6, 6.07) is 21.2. The van der Waals surface area contributed by atoms with Crippen LogP contribution in [0.1, 0.15) is 16.7 Å². The zero-order valence-corrected chi connectivity index (χ0v) is 19.0. The number of ether oxygens (including phenoxy) is 2. The molecule has 2 N–H and O–H groups in total.